The zero-order valence-corrected chi connectivity index (χ0v) is 9.23. The molecule has 0 bridgehead atoms. The summed E-state index contributed by atoms with van der Waals surface area (Å²) in [6.45, 7) is 1.65. The highest BCUT2D eigenvalue weighted by Gasteiger charge is 2.19. The fourth-order valence-electron chi connectivity index (χ4n) is 2.39. The monoisotopic (exact) mass is 208 g/mol. The van der Waals surface area contributed by atoms with Crippen molar-refractivity contribution in [1.82, 2.24) is 15.0 Å². The molecule has 0 amide bonds. The van der Waals surface area contributed by atoms with Gasteiger partial charge in [-0.15, -0.1) is 5.10 Å². The van der Waals surface area contributed by atoms with Gasteiger partial charge in [0.1, 0.15) is 0 Å². The van der Waals surface area contributed by atoms with Gasteiger partial charge < -0.3 is 5.73 Å². The minimum atomic E-state index is 0.687. The maximum absolute atomic E-state index is 5.51. The highest BCUT2D eigenvalue weighted by Crippen LogP contribution is 2.31. The normalized spacial score (nSPS) is 18.2. The molecule has 15 heavy (non-hydrogen) atoms. The number of nitrogens with two attached hydrogens (primary N) is 1. The minimum absolute atomic E-state index is 0.687. The van der Waals surface area contributed by atoms with Gasteiger partial charge in [-0.25, -0.2) is 4.68 Å². The highest BCUT2D eigenvalue weighted by molar-refractivity contribution is 5.04. The Kier molecular flexibility index (Phi) is 3.72. The first-order chi connectivity index (χ1) is 7.42. The molecular formula is C11H20N4. The van der Waals surface area contributed by atoms with E-state index in [0.29, 0.717) is 5.92 Å². The lowest BCUT2D eigenvalue weighted by Crippen LogP contribution is -2.14. The molecule has 0 aromatic carbocycles. The lowest BCUT2D eigenvalue weighted by Gasteiger charge is -2.21. The molecule has 0 atom stereocenters. The van der Waals surface area contributed by atoms with Crippen molar-refractivity contribution in [2.24, 2.45) is 5.73 Å². The summed E-state index contributed by atoms with van der Waals surface area (Å²) in [5.74, 6) is 0.687. The van der Waals surface area contributed by atoms with Crippen molar-refractivity contribution in [2.75, 3.05) is 6.54 Å². The van der Waals surface area contributed by atoms with Crippen molar-refractivity contribution < 1.29 is 0 Å². The van der Waals surface area contributed by atoms with Crippen LogP contribution in [0.2, 0.25) is 0 Å². The molecule has 0 saturated heterocycles. The minimum Gasteiger partial charge on any atom is -0.330 e. The fourth-order valence-corrected chi connectivity index (χ4v) is 2.39. The van der Waals surface area contributed by atoms with Crippen LogP contribution in [0.25, 0.3) is 0 Å². The van der Waals surface area contributed by atoms with Crippen molar-refractivity contribution in [2.45, 2.75) is 51.0 Å². The van der Waals surface area contributed by atoms with Crippen LogP contribution < -0.4 is 5.73 Å². The number of rotatable bonds is 4. The largest absolute Gasteiger partial charge is 0.330 e. The number of aryl methyl sites for hydroxylation is 1. The molecule has 4 heteroatoms. The van der Waals surface area contributed by atoms with Crippen molar-refractivity contribution >= 4 is 0 Å². The Morgan fingerprint density at radius 1 is 1.33 bits per heavy atom. The SMILES string of the molecule is NCCCn1nncc1C1CCCCC1. The molecule has 0 aliphatic heterocycles. The third kappa shape index (κ3) is 2.56. The Labute approximate surface area is 90.8 Å². The molecule has 1 aliphatic rings. The van der Waals surface area contributed by atoms with Crippen LogP contribution in [0, 0.1) is 0 Å². The third-order valence-corrected chi connectivity index (χ3v) is 3.25. The van der Waals surface area contributed by atoms with Gasteiger partial charge in [0.15, 0.2) is 0 Å². The maximum atomic E-state index is 5.51. The number of hydrogen-bond acceptors (Lipinski definition) is 3. The molecule has 1 saturated carbocycles. The Hall–Kier alpha value is -0.900. The molecule has 1 fully saturated rings. The molecule has 0 spiro atoms. The molecule has 1 aliphatic carbocycles. The predicted molar refractivity (Wildman–Crippen MR) is 59.5 cm³/mol. The van der Waals surface area contributed by atoms with Crippen LogP contribution in [-0.2, 0) is 6.54 Å². The molecule has 84 valence electrons. The quantitative estimate of drug-likeness (QED) is 0.819. The van der Waals surface area contributed by atoms with Gasteiger partial charge in [0.2, 0.25) is 0 Å². The van der Waals surface area contributed by atoms with E-state index >= 15 is 0 Å². The summed E-state index contributed by atoms with van der Waals surface area (Å²) < 4.78 is 2.04. The summed E-state index contributed by atoms with van der Waals surface area (Å²) in [6.07, 6.45) is 9.63. The fraction of sp³-hybridized carbons (Fsp3) is 0.818. The van der Waals surface area contributed by atoms with E-state index in [1.807, 2.05) is 10.9 Å². The Morgan fingerprint density at radius 3 is 2.87 bits per heavy atom. The van der Waals surface area contributed by atoms with Crippen LogP contribution in [0.3, 0.4) is 0 Å². The van der Waals surface area contributed by atoms with Crippen molar-refractivity contribution in [1.29, 1.82) is 0 Å². The Morgan fingerprint density at radius 2 is 2.13 bits per heavy atom. The second-order valence-corrected chi connectivity index (χ2v) is 4.36. The molecule has 2 N–H and O–H groups in total. The van der Waals surface area contributed by atoms with Gasteiger partial charge in [0, 0.05) is 12.5 Å². The number of nitrogens with zero attached hydrogens (tertiary/aromatic N) is 3. The predicted octanol–water partition coefficient (Wildman–Crippen LogP) is 1.67. The number of hydrogen-bond donors (Lipinski definition) is 1. The molecule has 4 nitrogen and oxygen atoms in total. The van der Waals surface area contributed by atoms with Gasteiger partial charge in [-0.3, -0.25) is 0 Å². The first-order valence-corrected chi connectivity index (χ1v) is 6.00. The first kappa shape index (κ1) is 10.6. The topological polar surface area (TPSA) is 56.7 Å². The van der Waals surface area contributed by atoms with E-state index in [2.05, 4.69) is 10.3 Å². The average Bonchev–Trinajstić information content (AvgIpc) is 2.75. The zero-order valence-electron chi connectivity index (χ0n) is 9.23. The van der Waals surface area contributed by atoms with E-state index in [0.717, 1.165) is 19.5 Å². The molecule has 0 unspecified atom stereocenters. The van der Waals surface area contributed by atoms with Gasteiger partial charge in [-0.05, 0) is 25.8 Å². The summed E-state index contributed by atoms with van der Waals surface area (Å²) in [5.41, 5.74) is 6.83. The van der Waals surface area contributed by atoms with E-state index in [9.17, 15) is 0 Å². The molecule has 1 heterocycles. The lowest BCUT2D eigenvalue weighted by molar-refractivity contribution is 0.411. The van der Waals surface area contributed by atoms with Gasteiger partial charge in [0.25, 0.3) is 0 Å². The summed E-state index contributed by atoms with van der Waals surface area (Å²) in [5, 5.41) is 8.16. The van der Waals surface area contributed by atoms with E-state index in [1.165, 1.54) is 37.8 Å². The van der Waals surface area contributed by atoms with Crippen LogP contribution in [0.1, 0.15) is 50.1 Å². The second-order valence-electron chi connectivity index (χ2n) is 4.36. The summed E-state index contributed by atoms with van der Waals surface area (Å²) in [7, 11) is 0. The molecule has 1 aromatic heterocycles. The van der Waals surface area contributed by atoms with Crippen LogP contribution in [0.5, 0.6) is 0 Å². The van der Waals surface area contributed by atoms with Gasteiger partial charge in [0.05, 0.1) is 11.9 Å². The van der Waals surface area contributed by atoms with E-state index in [-0.39, 0.29) is 0 Å². The van der Waals surface area contributed by atoms with Gasteiger partial charge in [-0.2, -0.15) is 0 Å². The smallest absolute Gasteiger partial charge is 0.0728 e. The van der Waals surface area contributed by atoms with E-state index < -0.39 is 0 Å². The second kappa shape index (κ2) is 5.26. The van der Waals surface area contributed by atoms with E-state index in [4.69, 9.17) is 5.73 Å². The summed E-state index contributed by atoms with van der Waals surface area (Å²) in [6, 6.07) is 0. The van der Waals surface area contributed by atoms with Crippen LogP contribution in [0.15, 0.2) is 6.20 Å². The van der Waals surface area contributed by atoms with Gasteiger partial charge in [-0.1, -0.05) is 24.5 Å². The van der Waals surface area contributed by atoms with Crippen molar-refractivity contribution in [3.05, 3.63) is 11.9 Å². The standard InChI is InChI=1S/C11H20N4/c12-7-4-8-15-11(9-13-14-15)10-5-2-1-3-6-10/h9-10H,1-8,12H2. The first-order valence-electron chi connectivity index (χ1n) is 6.00. The molecule has 2 rings (SSSR count). The lowest BCUT2D eigenvalue weighted by atomic mass is 9.87. The molecular weight excluding hydrogens is 188 g/mol. The summed E-state index contributed by atoms with van der Waals surface area (Å²) >= 11 is 0. The maximum Gasteiger partial charge on any atom is 0.0728 e. The average molecular weight is 208 g/mol. The Balaban J connectivity index is 2.02. The van der Waals surface area contributed by atoms with Crippen molar-refractivity contribution in [3.63, 3.8) is 0 Å². The third-order valence-electron chi connectivity index (χ3n) is 3.25. The Bertz CT molecular complexity index is 289. The molecule has 1 aromatic rings. The van der Waals surface area contributed by atoms with Gasteiger partial charge >= 0.3 is 0 Å². The van der Waals surface area contributed by atoms with Crippen LogP contribution >= 0.6 is 0 Å². The van der Waals surface area contributed by atoms with Crippen LogP contribution in [0.4, 0.5) is 0 Å². The highest BCUT2D eigenvalue weighted by atomic mass is 15.4. The van der Waals surface area contributed by atoms with E-state index in [1.54, 1.807) is 0 Å². The van der Waals surface area contributed by atoms with Crippen molar-refractivity contribution in [3.8, 4) is 0 Å². The van der Waals surface area contributed by atoms with Crippen LogP contribution in [-0.4, -0.2) is 21.5 Å². The molecule has 0 radical (unpaired) electrons. The number of aromatic nitrogens is 3. The zero-order chi connectivity index (χ0) is 10.5. The summed E-state index contributed by atoms with van der Waals surface area (Å²) in [4.78, 5) is 0.